The number of benzene rings is 1. The molecule has 0 saturated heterocycles. The van der Waals surface area contributed by atoms with E-state index in [9.17, 15) is 0 Å². The molecular formula is C17H30N2. The van der Waals surface area contributed by atoms with Gasteiger partial charge in [-0.2, -0.15) is 0 Å². The molecule has 19 heavy (non-hydrogen) atoms. The Kier molecular flexibility index (Phi) is 5.17. The molecule has 108 valence electrons. The van der Waals surface area contributed by atoms with Crippen molar-refractivity contribution in [1.29, 1.82) is 0 Å². The summed E-state index contributed by atoms with van der Waals surface area (Å²) < 4.78 is 0. The van der Waals surface area contributed by atoms with Gasteiger partial charge in [0.1, 0.15) is 0 Å². The Labute approximate surface area is 119 Å². The molecule has 2 N–H and O–H groups in total. The maximum absolute atomic E-state index is 5.87. The smallest absolute Gasteiger partial charge is 0.0382 e. The average Bonchev–Trinajstić information content (AvgIpc) is 2.29. The fourth-order valence-electron chi connectivity index (χ4n) is 2.70. The van der Waals surface area contributed by atoms with E-state index in [1.807, 2.05) is 0 Å². The predicted molar refractivity (Wildman–Crippen MR) is 84.5 cm³/mol. The number of hydrogen-bond donors (Lipinski definition) is 1. The minimum atomic E-state index is 0.205. The predicted octanol–water partition coefficient (Wildman–Crippen LogP) is 3.49. The summed E-state index contributed by atoms with van der Waals surface area (Å²) in [5, 5.41) is 0. The highest BCUT2D eigenvalue weighted by Crippen LogP contribution is 2.31. The third-order valence-corrected chi connectivity index (χ3v) is 3.92. The summed E-state index contributed by atoms with van der Waals surface area (Å²) >= 11 is 0. The summed E-state index contributed by atoms with van der Waals surface area (Å²) in [6, 6.07) is 7.27. The van der Waals surface area contributed by atoms with Crippen LogP contribution in [0.5, 0.6) is 0 Å². The number of aryl methyl sites for hydroxylation is 1. The lowest BCUT2D eigenvalue weighted by Crippen LogP contribution is -2.31. The third-order valence-electron chi connectivity index (χ3n) is 3.92. The monoisotopic (exact) mass is 262 g/mol. The molecule has 0 aliphatic heterocycles. The van der Waals surface area contributed by atoms with Crippen LogP contribution in [0.15, 0.2) is 18.2 Å². The lowest BCUT2D eigenvalue weighted by Gasteiger charge is -2.32. The van der Waals surface area contributed by atoms with Gasteiger partial charge < -0.3 is 10.6 Å². The SMILES string of the molecule is Cc1cc(C(C)(C)C)ccc1C(C(C)CN)N(C)C. The van der Waals surface area contributed by atoms with E-state index in [1.165, 1.54) is 16.7 Å². The lowest BCUT2D eigenvalue weighted by molar-refractivity contribution is 0.226. The van der Waals surface area contributed by atoms with E-state index in [2.05, 4.69) is 71.8 Å². The Balaban J connectivity index is 3.20. The van der Waals surface area contributed by atoms with Crippen molar-refractivity contribution in [3.05, 3.63) is 34.9 Å². The van der Waals surface area contributed by atoms with E-state index in [1.54, 1.807) is 0 Å². The standard InChI is InChI=1S/C17H30N2/c1-12-10-14(17(3,4)5)8-9-15(12)16(19(6)7)13(2)11-18/h8-10,13,16H,11,18H2,1-7H3. The van der Waals surface area contributed by atoms with Crippen LogP contribution < -0.4 is 5.73 Å². The second-order valence-corrected chi connectivity index (χ2v) is 6.94. The van der Waals surface area contributed by atoms with E-state index in [4.69, 9.17) is 5.73 Å². The van der Waals surface area contributed by atoms with Gasteiger partial charge in [0.05, 0.1) is 0 Å². The minimum Gasteiger partial charge on any atom is -0.330 e. The van der Waals surface area contributed by atoms with Crippen molar-refractivity contribution in [1.82, 2.24) is 4.90 Å². The summed E-state index contributed by atoms with van der Waals surface area (Å²) in [4.78, 5) is 2.27. The largest absolute Gasteiger partial charge is 0.330 e. The highest BCUT2D eigenvalue weighted by molar-refractivity contribution is 5.36. The molecule has 2 unspecified atom stereocenters. The van der Waals surface area contributed by atoms with Crippen LogP contribution in [0, 0.1) is 12.8 Å². The molecule has 0 aliphatic carbocycles. The second-order valence-electron chi connectivity index (χ2n) is 6.94. The van der Waals surface area contributed by atoms with Crippen molar-refractivity contribution in [3.63, 3.8) is 0 Å². The van der Waals surface area contributed by atoms with Crippen LogP contribution >= 0.6 is 0 Å². The van der Waals surface area contributed by atoms with Gasteiger partial charge in [-0.15, -0.1) is 0 Å². The van der Waals surface area contributed by atoms with Crippen molar-refractivity contribution in [2.24, 2.45) is 11.7 Å². The van der Waals surface area contributed by atoms with Crippen LogP contribution in [0.25, 0.3) is 0 Å². The third kappa shape index (κ3) is 3.80. The van der Waals surface area contributed by atoms with Crippen molar-refractivity contribution in [3.8, 4) is 0 Å². The number of rotatable bonds is 4. The molecule has 0 aliphatic rings. The molecule has 0 amide bonds. The molecule has 0 aromatic heterocycles. The Morgan fingerprint density at radius 1 is 1.21 bits per heavy atom. The molecule has 0 saturated carbocycles. The zero-order valence-corrected chi connectivity index (χ0v) is 13.6. The van der Waals surface area contributed by atoms with Gasteiger partial charge in [-0.1, -0.05) is 45.9 Å². The van der Waals surface area contributed by atoms with Gasteiger partial charge in [0.25, 0.3) is 0 Å². The van der Waals surface area contributed by atoms with Crippen LogP contribution in [0.3, 0.4) is 0 Å². The number of hydrogen-bond acceptors (Lipinski definition) is 2. The first-order valence-electron chi connectivity index (χ1n) is 7.16. The fourth-order valence-corrected chi connectivity index (χ4v) is 2.70. The van der Waals surface area contributed by atoms with Gasteiger partial charge in [0, 0.05) is 6.04 Å². The van der Waals surface area contributed by atoms with Gasteiger partial charge in [-0.3, -0.25) is 0 Å². The highest BCUT2D eigenvalue weighted by atomic mass is 15.1. The highest BCUT2D eigenvalue weighted by Gasteiger charge is 2.23. The zero-order chi connectivity index (χ0) is 14.8. The Hall–Kier alpha value is -0.860. The number of nitrogens with two attached hydrogens (primary N) is 1. The Bertz CT molecular complexity index is 416. The van der Waals surface area contributed by atoms with Crippen molar-refractivity contribution < 1.29 is 0 Å². The maximum atomic E-state index is 5.87. The van der Waals surface area contributed by atoms with Crippen LogP contribution in [0.2, 0.25) is 0 Å². The molecule has 2 nitrogen and oxygen atoms in total. The first-order chi connectivity index (χ1) is 8.68. The van der Waals surface area contributed by atoms with Crippen LogP contribution in [-0.4, -0.2) is 25.5 Å². The average molecular weight is 262 g/mol. The van der Waals surface area contributed by atoms with Crippen molar-refractivity contribution in [2.45, 2.75) is 46.1 Å². The molecule has 0 bridgehead atoms. The molecule has 0 spiro atoms. The topological polar surface area (TPSA) is 29.3 Å². The molecule has 0 radical (unpaired) electrons. The molecule has 1 aromatic carbocycles. The summed E-state index contributed by atoms with van der Waals surface area (Å²) in [7, 11) is 4.27. The normalized spacial score (nSPS) is 15.6. The molecule has 1 rings (SSSR count). The molecular weight excluding hydrogens is 232 g/mol. The van der Waals surface area contributed by atoms with Gasteiger partial charge >= 0.3 is 0 Å². The molecule has 0 fully saturated rings. The minimum absolute atomic E-state index is 0.205. The van der Waals surface area contributed by atoms with Crippen LogP contribution in [-0.2, 0) is 5.41 Å². The van der Waals surface area contributed by atoms with Crippen molar-refractivity contribution >= 4 is 0 Å². The lowest BCUT2D eigenvalue weighted by atomic mass is 9.83. The molecule has 0 heterocycles. The molecule has 2 atom stereocenters. The summed E-state index contributed by atoms with van der Waals surface area (Å²) in [5.74, 6) is 0.453. The van der Waals surface area contributed by atoms with E-state index in [0.29, 0.717) is 18.5 Å². The zero-order valence-electron chi connectivity index (χ0n) is 13.6. The van der Waals surface area contributed by atoms with Crippen molar-refractivity contribution in [2.75, 3.05) is 20.6 Å². The first-order valence-corrected chi connectivity index (χ1v) is 7.16. The maximum Gasteiger partial charge on any atom is 0.0382 e. The van der Waals surface area contributed by atoms with E-state index >= 15 is 0 Å². The fraction of sp³-hybridized carbons (Fsp3) is 0.647. The van der Waals surface area contributed by atoms with Gasteiger partial charge in [-0.05, 0) is 55.6 Å². The summed E-state index contributed by atoms with van der Waals surface area (Å²) in [5.41, 5.74) is 10.2. The molecule has 2 heteroatoms. The van der Waals surface area contributed by atoms with Gasteiger partial charge in [0.15, 0.2) is 0 Å². The Morgan fingerprint density at radius 3 is 2.16 bits per heavy atom. The second kappa shape index (κ2) is 6.06. The summed E-state index contributed by atoms with van der Waals surface area (Å²) in [6.45, 7) is 11.9. The van der Waals surface area contributed by atoms with Crippen LogP contribution in [0.1, 0.15) is 50.4 Å². The first kappa shape index (κ1) is 16.2. The summed E-state index contributed by atoms with van der Waals surface area (Å²) in [6.07, 6.45) is 0. The quantitative estimate of drug-likeness (QED) is 0.900. The number of nitrogens with zero attached hydrogens (tertiary/aromatic N) is 1. The van der Waals surface area contributed by atoms with E-state index in [-0.39, 0.29) is 5.41 Å². The van der Waals surface area contributed by atoms with E-state index in [0.717, 1.165) is 0 Å². The van der Waals surface area contributed by atoms with Gasteiger partial charge in [-0.25, -0.2) is 0 Å². The van der Waals surface area contributed by atoms with Gasteiger partial charge in [0.2, 0.25) is 0 Å². The van der Waals surface area contributed by atoms with E-state index < -0.39 is 0 Å². The molecule has 1 aromatic rings. The Morgan fingerprint density at radius 2 is 1.79 bits per heavy atom. The van der Waals surface area contributed by atoms with Crippen LogP contribution in [0.4, 0.5) is 0 Å².